The van der Waals surface area contributed by atoms with Crippen LogP contribution in [0.1, 0.15) is 22.8 Å². The number of amides is 1. The molecule has 4 aromatic rings. The third kappa shape index (κ3) is 3.17. The molecule has 2 heterocycles. The summed E-state index contributed by atoms with van der Waals surface area (Å²) < 4.78 is 2.15. The van der Waals surface area contributed by atoms with Crippen LogP contribution in [0.25, 0.3) is 21.8 Å². The van der Waals surface area contributed by atoms with E-state index in [1.165, 1.54) is 0 Å². The molecular weight excluding hydrogens is 338 g/mol. The molecule has 0 spiro atoms. The average Bonchev–Trinajstić information content (AvgIpc) is 3.08. The van der Waals surface area contributed by atoms with Crippen molar-refractivity contribution in [1.29, 1.82) is 0 Å². The number of fused-ring (bicyclic) bond motifs is 2. The Hall–Kier alpha value is -3.54. The van der Waals surface area contributed by atoms with E-state index < -0.39 is 0 Å². The smallest absolute Gasteiger partial charge is 0.251 e. The van der Waals surface area contributed by atoms with E-state index in [0.29, 0.717) is 23.6 Å². The summed E-state index contributed by atoms with van der Waals surface area (Å²) in [6.07, 6.45) is 2.03. The van der Waals surface area contributed by atoms with Crippen molar-refractivity contribution in [1.82, 2.24) is 14.9 Å². The van der Waals surface area contributed by atoms with Crippen molar-refractivity contribution in [3.8, 4) is 0 Å². The Morgan fingerprint density at radius 1 is 1.11 bits per heavy atom. The van der Waals surface area contributed by atoms with Gasteiger partial charge in [-0.15, -0.1) is 0 Å². The number of aryl methyl sites for hydroxylation is 1. The molecule has 0 fully saturated rings. The van der Waals surface area contributed by atoms with E-state index in [2.05, 4.69) is 21.8 Å². The minimum atomic E-state index is -0.107. The van der Waals surface area contributed by atoms with Crippen molar-refractivity contribution in [2.75, 3.05) is 11.5 Å². The first kappa shape index (κ1) is 16.9. The quantitative estimate of drug-likeness (QED) is 0.520. The van der Waals surface area contributed by atoms with E-state index in [1.54, 1.807) is 6.07 Å². The minimum absolute atomic E-state index is 0.107. The Kier molecular flexibility index (Phi) is 4.16. The van der Waals surface area contributed by atoms with Crippen molar-refractivity contribution in [3.63, 3.8) is 0 Å². The van der Waals surface area contributed by atoms with Gasteiger partial charge >= 0.3 is 0 Å². The molecule has 0 unspecified atom stereocenters. The number of carbonyl (C=O) groups is 1. The number of benzene rings is 2. The van der Waals surface area contributed by atoms with Gasteiger partial charge in [0.25, 0.3) is 5.91 Å². The van der Waals surface area contributed by atoms with E-state index in [9.17, 15) is 4.79 Å². The Morgan fingerprint density at radius 2 is 1.96 bits per heavy atom. The van der Waals surface area contributed by atoms with E-state index in [0.717, 1.165) is 33.9 Å². The largest absolute Gasteiger partial charge is 0.398 e. The van der Waals surface area contributed by atoms with Gasteiger partial charge in [0.1, 0.15) is 5.82 Å². The molecule has 136 valence electrons. The standard InChI is InChI=1S/C21H21N5O/c1-2-26-8-7-14-10-15(4-6-19(14)26)21(27)24-12-13-3-5-18-16(9-13)17(22)11-20(23)25-18/h3-11H,2,12H2,1H3,(H,24,27)(H4,22,23,25). The lowest BCUT2D eigenvalue weighted by atomic mass is 10.1. The highest BCUT2D eigenvalue weighted by molar-refractivity contribution is 5.98. The molecule has 2 aromatic carbocycles. The number of nitrogens with zero attached hydrogens (tertiary/aromatic N) is 2. The molecule has 5 N–H and O–H groups in total. The zero-order valence-electron chi connectivity index (χ0n) is 15.1. The molecule has 0 aliphatic heterocycles. The molecule has 0 aliphatic rings. The van der Waals surface area contributed by atoms with Gasteiger partial charge in [-0.3, -0.25) is 4.79 Å². The number of nitrogens with two attached hydrogens (primary N) is 2. The van der Waals surface area contributed by atoms with Crippen molar-refractivity contribution in [2.24, 2.45) is 0 Å². The molecule has 2 aromatic heterocycles. The van der Waals surface area contributed by atoms with Crippen LogP contribution in [-0.2, 0) is 13.1 Å². The number of anilines is 2. The Bertz CT molecular complexity index is 1160. The van der Waals surface area contributed by atoms with Gasteiger partial charge in [-0.25, -0.2) is 4.98 Å². The van der Waals surface area contributed by atoms with Crippen molar-refractivity contribution >= 4 is 39.2 Å². The van der Waals surface area contributed by atoms with Crippen LogP contribution < -0.4 is 16.8 Å². The summed E-state index contributed by atoms with van der Waals surface area (Å²) in [5.41, 5.74) is 15.8. The van der Waals surface area contributed by atoms with Gasteiger partial charge in [-0.05, 0) is 48.9 Å². The van der Waals surface area contributed by atoms with Crippen molar-refractivity contribution in [3.05, 3.63) is 65.9 Å². The second-order valence-corrected chi connectivity index (χ2v) is 6.55. The normalized spacial score (nSPS) is 11.1. The molecule has 0 atom stereocenters. The van der Waals surface area contributed by atoms with Crippen LogP contribution in [0, 0.1) is 0 Å². The molecule has 0 saturated heterocycles. The van der Waals surface area contributed by atoms with Gasteiger partial charge in [0.05, 0.1) is 5.52 Å². The first-order chi connectivity index (χ1) is 13.0. The summed E-state index contributed by atoms with van der Waals surface area (Å²) >= 11 is 0. The predicted octanol–water partition coefficient (Wildman–Crippen LogP) is 3.30. The lowest BCUT2D eigenvalue weighted by molar-refractivity contribution is 0.0951. The van der Waals surface area contributed by atoms with Gasteiger partial charge in [0.15, 0.2) is 0 Å². The number of hydrogen-bond acceptors (Lipinski definition) is 4. The predicted molar refractivity (Wildman–Crippen MR) is 109 cm³/mol. The lowest BCUT2D eigenvalue weighted by Gasteiger charge is -2.09. The molecule has 0 aliphatic carbocycles. The Balaban J connectivity index is 1.53. The van der Waals surface area contributed by atoms with Gasteiger partial charge in [-0.2, -0.15) is 0 Å². The van der Waals surface area contributed by atoms with E-state index in [-0.39, 0.29) is 5.91 Å². The van der Waals surface area contributed by atoms with Crippen LogP contribution in [0.2, 0.25) is 0 Å². The van der Waals surface area contributed by atoms with Crippen molar-refractivity contribution < 1.29 is 4.79 Å². The molecule has 1 amide bonds. The molecule has 27 heavy (non-hydrogen) atoms. The Labute approximate surface area is 156 Å². The van der Waals surface area contributed by atoms with Gasteiger partial charge in [-0.1, -0.05) is 6.07 Å². The third-order valence-electron chi connectivity index (χ3n) is 4.75. The van der Waals surface area contributed by atoms with Crippen LogP contribution in [0.5, 0.6) is 0 Å². The summed E-state index contributed by atoms with van der Waals surface area (Å²) in [6.45, 7) is 3.41. The fourth-order valence-corrected chi connectivity index (χ4v) is 3.33. The maximum atomic E-state index is 12.5. The van der Waals surface area contributed by atoms with Crippen LogP contribution >= 0.6 is 0 Å². The number of aromatic nitrogens is 2. The van der Waals surface area contributed by atoms with Crippen molar-refractivity contribution in [2.45, 2.75) is 20.0 Å². The zero-order chi connectivity index (χ0) is 19.0. The zero-order valence-corrected chi connectivity index (χ0v) is 15.1. The van der Waals surface area contributed by atoms with Gasteiger partial charge in [0.2, 0.25) is 0 Å². The van der Waals surface area contributed by atoms with Crippen LogP contribution in [0.3, 0.4) is 0 Å². The number of nitrogen functional groups attached to an aromatic ring is 2. The van der Waals surface area contributed by atoms with E-state index >= 15 is 0 Å². The topological polar surface area (TPSA) is 99.0 Å². The summed E-state index contributed by atoms with van der Waals surface area (Å²) in [7, 11) is 0. The van der Waals surface area contributed by atoms with E-state index in [1.807, 2.05) is 48.7 Å². The molecule has 4 rings (SSSR count). The number of rotatable bonds is 4. The second-order valence-electron chi connectivity index (χ2n) is 6.55. The first-order valence-corrected chi connectivity index (χ1v) is 8.87. The highest BCUT2D eigenvalue weighted by Gasteiger charge is 2.09. The van der Waals surface area contributed by atoms with Gasteiger partial charge < -0.3 is 21.4 Å². The molecule has 6 heteroatoms. The lowest BCUT2D eigenvalue weighted by Crippen LogP contribution is -2.22. The maximum absolute atomic E-state index is 12.5. The summed E-state index contributed by atoms with van der Waals surface area (Å²) in [4.78, 5) is 16.8. The van der Waals surface area contributed by atoms with E-state index in [4.69, 9.17) is 11.5 Å². The minimum Gasteiger partial charge on any atom is -0.398 e. The highest BCUT2D eigenvalue weighted by Crippen LogP contribution is 2.23. The fraction of sp³-hybridized carbons (Fsp3) is 0.143. The molecule has 6 nitrogen and oxygen atoms in total. The van der Waals surface area contributed by atoms with Crippen LogP contribution in [0.15, 0.2) is 54.7 Å². The average molecular weight is 359 g/mol. The van der Waals surface area contributed by atoms with Crippen LogP contribution in [0.4, 0.5) is 11.5 Å². The number of hydrogen-bond donors (Lipinski definition) is 3. The monoisotopic (exact) mass is 359 g/mol. The SMILES string of the molecule is CCn1ccc2cc(C(=O)NCc3ccc4nc(N)cc(N)c4c3)ccc21. The van der Waals surface area contributed by atoms with Gasteiger partial charge in [0, 0.05) is 52.9 Å². The maximum Gasteiger partial charge on any atom is 0.251 e. The van der Waals surface area contributed by atoms with Crippen LogP contribution in [-0.4, -0.2) is 15.5 Å². The molecule has 0 bridgehead atoms. The second kappa shape index (κ2) is 6.64. The summed E-state index contributed by atoms with van der Waals surface area (Å²) in [5, 5.41) is 4.86. The number of carbonyl (C=O) groups excluding carboxylic acids is 1. The molecular formula is C21H21N5O. The fourth-order valence-electron chi connectivity index (χ4n) is 3.33. The Morgan fingerprint density at radius 3 is 2.78 bits per heavy atom. The number of pyridine rings is 1. The third-order valence-corrected chi connectivity index (χ3v) is 4.75. The summed E-state index contributed by atoms with van der Waals surface area (Å²) in [6, 6.07) is 15.1. The highest BCUT2D eigenvalue weighted by atomic mass is 16.1. The number of nitrogens with one attached hydrogen (secondary N) is 1. The first-order valence-electron chi connectivity index (χ1n) is 8.87. The molecule has 0 radical (unpaired) electrons. The molecule has 0 saturated carbocycles. The summed E-state index contributed by atoms with van der Waals surface area (Å²) in [5.74, 6) is 0.290.